The molecule has 0 atom stereocenters. The van der Waals surface area contributed by atoms with Crippen LogP contribution in [0.5, 0.6) is 11.6 Å². The SMILES string of the molecule is Cc1ccccc1Cn1c(O)c(C(=O)NCC(=O)O)c(O)c(C(=O)NC2CCCCC2)c1=O. The van der Waals surface area contributed by atoms with Gasteiger partial charge in [0.1, 0.15) is 17.7 Å². The number of aromatic nitrogens is 1. The van der Waals surface area contributed by atoms with E-state index in [2.05, 4.69) is 5.32 Å². The van der Waals surface area contributed by atoms with Crippen LogP contribution in [0.3, 0.4) is 0 Å². The number of benzene rings is 1. The largest absolute Gasteiger partial charge is 0.506 e. The van der Waals surface area contributed by atoms with Crippen LogP contribution < -0.4 is 16.2 Å². The van der Waals surface area contributed by atoms with Crippen LogP contribution in [0, 0.1) is 6.92 Å². The molecule has 1 aromatic heterocycles. The molecule has 0 unspecified atom stereocenters. The van der Waals surface area contributed by atoms with Crippen LogP contribution in [0.15, 0.2) is 29.1 Å². The highest BCUT2D eigenvalue weighted by molar-refractivity contribution is 6.05. The van der Waals surface area contributed by atoms with Crippen molar-refractivity contribution < 1.29 is 29.7 Å². The van der Waals surface area contributed by atoms with Gasteiger partial charge in [0, 0.05) is 6.04 Å². The molecule has 1 aromatic carbocycles. The lowest BCUT2D eigenvalue weighted by atomic mass is 9.95. The smallest absolute Gasteiger partial charge is 0.322 e. The average Bonchev–Trinajstić information content (AvgIpc) is 2.77. The fraction of sp³-hybridized carbons (Fsp3) is 0.391. The minimum atomic E-state index is -1.34. The number of rotatable bonds is 7. The minimum Gasteiger partial charge on any atom is -0.506 e. The summed E-state index contributed by atoms with van der Waals surface area (Å²) in [6.45, 7) is 0.855. The summed E-state index contributed by atoms with van der Waals surface area (Å²) in [5.74, 6) is -5.17. The van der Waals surface area contributed by atoms with Crippen LogP contribution in [-0.4, -0.2) is 50.3 Å². The van der Waals surface area contributed by atoms with Gasteiger partial charge < -0.3 is 26.0 Å². The maximum absolute atomic E-state index is 13.2. The number of hydrogen-bond acceptors (Lipinski definition) is 6. The van der Waals surface area contributed by atoms with Crippen molar-refractivity contribution in [2.45, 2.75) is 51.6 Å². The summed E-state index contributed by atoms with van der Waals surface area (Å²) in [4.78, 5) is 49.6. The van der Waals surface area contributed by atoms with Crippen LogP contribution in [0.4, 0.5) is 0 Å². The third-order valence-electron chi connectivity index (χ3n) is 5.80. The predicted octanol–water partition coefficient (Wildman–Crippen LogP) is 1.49. The Bertz CT molecular complexity index is 1130. The Hall–Kier alpha value is -3.82. The molecule has 1 saturated carbocycles. The zero-order valence-corrected chi connectivity index (χ0v) is 18.3. The molecular formula is C23H27N3O7. The molecule has 1 aliphatic carbocycles. The van der Waals surface area contributed by atoms with Crippen molar-refractivity contribution in [3.05, 3.63) is 56.9 Å². The number of hydrogen-bond donors (Lipinski definition) is 5. The summed E-state index contributed by atoms with van der Waals surface area (Å²) in [7, 11) is 0. The van der Waals surface area contributed by atoms with Gasteiger partial charge in [0.2, 0.25) is 5.88 Å². The number of nitrogens with zero attached hydrogens (tertiary/aromatic N) is 1. The Morgan fingerprint density at radius 3 is 2.33 bits per heavy atom. The van der Waals surface area contributed by atoms with E-state index in [-0.39, 0.29) is 12.6 Å². The minimum absolute atomic E-state index is 0.166. The zero-order chi connectivity index (χ0) is 24.1. The van der Waals surface area contributed by atoms with Crippen LogP contribution in [0.1, 0.15) is 63.9 Å². The quantitative estimate of drug-likeness (QED) is 0.421. The fourth-order valence-electron chi connectivity index (χ4n) is 3.97. The average molecular weight is 457 g/mol. The number of carboxylic acid groups (broad SMARTS) is 1. The summed E-state index contributed by atoms with van der Waals surface area (Å²) in [6, 6.07) is 6.89. The van der Waals surface area contributed by atoms with Crippen LogP contribution in [0.2, 0.25) is 0 Å². The number of carbonyl (C=O) groups excluding carboxylic acids is 2. The second kappa shape index (κ2) is 10.2. The molecule has 1 heterocycles. The third kappa shape index (κ3) is 5.33. The predicted molar refractivity (Wildman–Crippen MR) is 119 cm³/mol. The van der Waals surface area contributed by atoms with Crippen molar-refractivity contribution in [2.75, 3.05) is 6.54 Å². The second-order valence-electron chi connectivity index (χ2n) is 8.12. The van der Waals surface area contributed by atoms with Crippen molar-refractivity contribution in [3.8, 4) is 11.6 Å². The normalized spacial score (nSPS) is 14.0. The van der Waals surface area contributed by atoms with Gasteiger partial charge in [-0.3, -0.25) is 23.7 Å². The van der Waals surface area contributed by atoms with Gasteiger partial charge in [-0.1, -0.05) is 43.5 Å². The summed E-state index contributed by atoms with van der Waals surface area (Å²) < 4.78 is 0.827. The highest BCUT2D eigenvalue weighted by Gasteiger charge is 2.31. The van der Waals surface area contributed by atoms with Gasteiger partial charge in [0.15, 0.2) is 5.75 Å². The number of carboxylic acids is 1. The van der Waals surface area contributed by atoms with Crippen molar-refractivity contribution in [1.29, 1.82) is 0 Å². The van der Waals surface area contributed by atoms with E-state index in [4.69, 9.17) is 5.11 Å². The molecule has 10 nitrogen and oxygen atoms in total. The zero-order valence-electron chi connectivity index (χ0n) is 18.3. The molecule has 0 radical (unpaired) electrons. The molecule has 1 aliphatic rings. The van der Waals surface area contributed by atoms with E-state index in [0.29, 0.717) is 5.56 Å². The lowest BCUT2D eigenvalue weighted by Gasteiger charge is -2.23. The molecule has 33 heavy (non-hydrogen) atoms. The fourth-order valence-corrected chi connectivity index (χ4v) is 3.97. The van der Waals surface area contributed by atoms with Crippen molar-refractivity contribution in [3.63, 3.8) is 0 Å². The number of carbonyl (C=O) groups is 3. The first-order chi connectivity index (χ1) is 15.7. The summed E-state index contributed by atoms with van der Waals surface area (Å²) in [5, 5.41) is 35.0. The van der Waals surface area contributed by atoms with Gasteiger partial charge in [0.05, 0.1) is 6.54 Å². The van der Waals surface area contributed by atoms with Gasteiger partial charge >= 0.3 is 5.97 Å². The number of pyridine rings is 1. The Kier molecular flexibility index (Phi) is 7.37. The summed E-state index contributed by atoms with van der Waals surface area (Å²) >= 11 is 0. The highest BCUT2D eigenvalue weighted by atomic mass is 16.4. The maximum atomic E-state index is 13.2. The van der Waals surface area contributed by atoms with Gasteiger partial charge in [-0.25, -0.2) is 0 Å². The first kappa shape index (κ1) is 23.8. The molecule has 10 heteroatoms. The number of amides is 2. The van der Waals surface area contributed by atoms with Crippen LogP contribution in [0.25, 0.3) is 0 Å². The van der Waals surface area contributed by atoms with E-state index in [1.54, 1.807) is 31.2 Å². The molecular weight excluding hydrogens is 430 g/mol. The van der Waals surface area contributed by atoms with Crippen molar-refractivity contribution >= 4 is 17.8 Å². The number of nitrogens with one attached hydrogen (secondary N) is 2. The van der Waals surface area contributed by atoms with Crippen LogP contribution >= 0.6 is 0 Å². The Labute approximate surface area is 189 Å². The first-order valence-electron chi connectivity index (χ1n) is 10.7. The summed E-state index contributed by atoms with van der Waals surface area (Å²) in [5.41, 5.74) is -0.917. The molecule has 2 aromatic rings. The van der Waals surface area contributed by atoms with E-state index in [9.17, 15) is 29.4 Å². The molecule has 3 rings (SSSR count). The monoisotopic (exact) mass is 457 g/mol. The molecule has 176 valence electrons. The highest BCUT2D eigenvalue weighted by Crippen LogP contribution is 2.29. The molecule has 1 fully saturated rings. The van der Waals surface area contributed by atoms with E-state index >= 15 is 0 Å². The molecule has 5 N–H and O–H groups in total. The Balaban J connectivity index is 2.10. The lowest BCUT2D eigenvalue weighted by Crippen LogP contribution is -2.41. The molecule has 0 spiro atoms. The molecule has 0 aliphatic heterocycles. The number of aromatic hydroxyl groups is 2. The van der Waals surface area contributed by atoms with Gasteiger partial charge in [-0.2, -0.15) is 0 Å². The van der Waals surface area contributed by atoms with E-state index < -0.39 is 52.6 Å². The first-order valence-corrected chi connectivity index (χ1v) is 10.7. The van der Waals surface area contributed by atoms with E-state index in [0.717, 1.165) is 42.2 Å². The van der Waals surface area contributed by atoms with Gasteiger partial charge in [-0.15, -0.1) is 0 Å². The van der Waals surface area contributed by atoms with Gasteiger partial charge in [-0.05, 0) is 30.9 Å². The van der Waals surface area contributed by atoms with Crippen molar-refractivity contribution in [2.24, 2.45) is 0 Å². The molecule has 2 amide bonds. The number of aliphatic carboxylic acids is 1. The lowest BCUT2D eigenvalue weighted by molar-refractivity contribution is -0.135. The topological polar surface area (TPSA) is 158 Å². The third-order valence-corrected chi connectivity index (χ3v) is 5.80. The van der Waals surface area contributed by atoms with Crippen LogP contribution in [-0.2, 0) is 11.3 Å². The Morgan fingerprint density at radius 1 is 1.03 bits per heavy atom. The Morgan fingerprint density at radius 2 is 1.70 bits per heavy atom. The number of aryl methyl sites for hydroxylation is 1. The standard InChI is InChI=1S/C23H27N3O7/c1-13-7-5-6-8-14(13)12-26-22(32)17(20(30)24-11-16(27)28)19(29)18(23(26)33)21(31)25-15-9-3-2-4-10-15/h5-8,15,29,32H,2-4,9-12H2,1H3,(H,24,30)(H,25,31)(H,27,28). The summed E-state index contributed by atoms with van der Waals surface area (Å²) in [6.07, 6.45) is 4.36. The van der Waals surface area contributed by atoms with Crippen molar-refractivity contribution in [1.82, 2.24) is 15.2 Å². The molecule has 0 bridgehead atoms. The van der Waals surface area contributed by atoms with E-state index in [1.165, 1.54) is 0 Å². The maximum Gasteiger partial charge on any atom is 0.322 e. The molecule has 0 saturated heterocycles. The van der Waals surface area contributed by atoms with E-state index in [1.807, 2.05) is 5.32 Å². The second-order valence-corrected chi connectivity index (χ2v) is 8.12. The van der Waals surface area contributed by atoms with Gasteiger partial charge in [0.25, 0.3) is 17.4 Å².